The lowest BCUT2D eigenvalue weighted by Gasteiger charge is -2.03. The molecule has 0 aliphatic rings. The highest BCUT2D eigenvalue weighted by Gasteiger charge is 2.11. The van der Waals surface area contributed by atoms with E-state index in [0.29, 0.717) is 0 Å². The second-order valence-corrected chi connectivity index (χ2v) is 4.54. The highest BCUT2D eigenvalue weighted by Crippen LogP contribution is 2.26. The fraction of sp³-hybridized carbons (Fsp3) is 0.250. The number of nitrogens with one attached hydrogen (secondary N) is 1. The van der Waals surface area contributed by atoms with Gasteiger partial charge in [0.1, 0.15) is 17.1 Å². The molecule has 0 aliphatic heterocycles. The van der Waals surface area contributed by atoms with E-state index in [-0.39, 0.29) is 0 Å². The molecular weight excluding hydrogens is 238 g/mol. The molecule has 3 rings (SSSR count). The lowest BCUT2D eigenvalue weighted by molar-refractivity contribution is 0.480. The van der Waals surface area contributed by atoms with Crippen LogP contribution in [0.1, 0.15) is 24.0 Å². The van der Waals surface area contributed by atoms with Gasteiger partial charge in [-0.05, 0) is 18.2 Å². The van der Waals surface area contributed by atoms with E-state index in [2.05, 4.69) is 18.3 Å². The molecule has 0 saturated carbocycles. The molecule has 0 saturated heterocycles. The van der Waals surface area contributed by atoms with Gasteiger partial charge in [0.2, 0.25) is 0 Å². The van der Waals surface area contributed by atoms with Gasteiger partial charge in [-0.3, -0.25) is 0 Å². The van der Waals surface area contributed by atoms with Crippen molar-refractivity contribution in [2.24, 2.45) is 0 Å². The van der Waals surface area contributed by atoms with Gasteiger partial charge in [-0.25, -0.2) is 0 Å². The van der Waals surface area contributed by atoms with Crippen molar-refractivity contribution in [1.82, 2.24) is 5.32 Å². The van der Waals surface area contributed by atoms with Crippen LogP contribution in [-0.4, -0.2) is 0 Å². The molecule has 3 aromatic rings. The summed E-state index contributed by atoms with van der Waals surface area (Å²) in [6.07, 6.45) is 2.61. The summed E-state index contributed by atoms with van der Waals surface area (Å²) in [4.78, 5) is 0. The molecule has 98 valence electrons. The molecule has 2 aromatic heterocycles. The lowest BCUT2D eigenvalue weighted by Crippen LogP contribution is -2.12. The molecule has 0 amide bonds. The Labute approximate surface area is 112 Å². The van der Waals surface area contributed by atoms with Crippen molar-refractivity contribution in [1.29, 1.82) is 0 Å². The van der Waals surface area contributed by atoms with Gasteiger partial charge in [-0.1, -0.05) is 25.1 Å². The maximum atomic E-state index is 5.87. The van der Waals surface area contributed by atoms with Crippen molar-refractivity contribution in [3.05, 3.63) is 59.7 Å². The molecule has 2 heterocycles. The molecule has 1 aromatic carbocycles. The maximum absolute atomic E-state index is 5.87. The van der Waals surface area contributed by atoms with Crippen LogP contribution < -0.4 is 5.32 Å². The highest BCUT2D eigenvalue weighted by molar-refractivity contribution is 5.82. The van der Waals surface area contributed by atoms with Gasteiger partial charge in [-0.15, -0.1) is 0 Å². The minimum Gasteiger partial charge on any atom is -0.468 e. The Morgan fingerprint density at radius 2 is 1.95 bits per heavy atom. The van der Waals surface area contributed by atoms with Crippen molar-refractivity contribution in [2.75, 3.05) is 0 Å². The van der Waals surface area contributed by atoms with E-state index in [1.807, 2.05) is 30.3 Å². The van der Waals surface area contributed by atoms with E-state index < -0.39 is 0 Å². The number of para-hydroxylation sites is 1. The molecule has 1 N–H and O–H groups in total. The number of fused-ring (bicyclic) bond motifs is 1. The molecular formula is C16H17NO2. The molecule has 0 spiro atoms. The molecule has 0 aliphatic carbocycles. The van der Waals surface area contributed by atoms with E-state index in [1.54, 1.807) is 6.26 Å². The lowest BCUT2D eigenvalue weighted by atomic mass is 10.1. The number of hydrogen-bond acceptors (Lipinski definition) is 3. The Kier molecular flexibility index (Phi) is 3.38. The summed E-state index contributed by atoms with van der Waals surface area (Å²) in [5.41, 5.74) is 2.22. The first-order chi connectivity index (χ1) is 9.38. The fourth-order valence-electron chi connectivity index (χ4n) is 2.35. The zero-order valence-electron chi connectivity index (χ0n) is 11.0. The smallest absolute Gasteiger partial charge is 0.134 e. The summed E-state index contributed by atoms with van der Waals surface area (Å²) in [5.74, 6) is 2.01. The normalized spacial score (nSPS) is 11.2. The van der Waals surface area contributed by atoms with E-state index in [9.17, 15) is 0 Å². The molecule has 0 fully saturated rings. The van der Waals surface area contributed by atoms with Crippen LogP contribution in [0.5, 0.6) is 0 Å². The van der Waals surface area contributed by atoms with Gasteiger partial charge in [0.15, 0.2) is 0 Å². The van der Waals surface area contributed by atoms with E-state index in [4.69, 9.17) is 8.83 Å². The molecule has 3 heteroatoms. The van der Waals surface area contributed by atoms with Gasteiger partial charge in [0.25, 0.3) is 0 Å². The van der Waals surface area contributed by atoms with Gasteiger partial charge in [-0.2, -0.15) is 0 Å². The first-order valence-electron chi connectivity index (χ1n) is 6.61. The van der Waals surface area contributed by atoms with Crippen LogP contribution in [0.25, 0.3) is 11.0 Å². The van der Waals surface area contributed by atoms with E-state index in [1.165, 1.54) is 10.9 Å². The average Bonchev–Trinajstić information content (AvgIpc) is 3.06. The Bertz CT molecular complexity index is 653. The topological polar surface area (TPSA) is 38.3 Å². The van der Waals surface area contributed by atoms with Crippen molar-refractivity contribution >= 4 is 11.0 Å². The highest BCUT2D eigenvalue weighted by atomic mass is 16.3. The van der Waals surface area contributed by atoms with Crippen LogP contribution in [0.15, 0.2) is 51.5 Å². The standard InChI is InChI=1S/C16H17NO2/c1-2-15-14(11-17-10-12-6-5-9-18-12)13-7-3-4-8-16(13)19-15/h3-9,17H,2,10-11H2,1H3. The first-order valence-corrected chi connectivity index (χ1v) is 6.61. The summed E-state index contributed by atoms with van der Waals surface area (Å²) in [6, 6.07) is 12.1. The molecule has 0 unspecified atom stereocenters. The van der Waals surface area contributed by atoms with Gasteiger partial charge in [0, 0.05) is 23.9 Å². The molecule has 0 radical (unpaired) electrons. The summed E-state index contributed by atoms with van der Waals surface area (Å²) >= 11 is 0. The minimum atomic E-state index is 0.732. The average molecular weight is 255 g/mol. The third-order valence-corrected chi connectivity index (χ3v) is 3.28. The van der Waals surface area contributed by atoms with Crippen molar-refractivity contribution in [2.45, 2.75) is 26.4 Å². The Morgan fingerprint density at radius 1 is 1.05 bits per heavy atom. The fourth-order valence-corrected chi connectivity index (χ4v) is 2.35. The summed E-state index contributed by atoms with van der Waals surface area (Å²) in [6.45, 7) is 3.64. The van der Waals surface area contributed by atoms with Crippen molar-refractivity contribution in [3.63, 3.8) is 0 Å². The summed E-state index contributed by atoms with van der Waals surface area (Å²) in [7, 11) is 0. The van der Waals surface area contributed by atoms with Crippen molar-refractivity contribution < 1.29 is 8.83 Å². The zero-order valence-corrected chi connectivity index (χ0v) is 11.0. The third-order valence-electron chi connectivity index (χ3n) is 3.28. The molecule has 19 heavy (non-hydrogen) atoms. The number of hydrogen-bond donors (Lipinski definition) is 1. The van der Waals surface area contributed by atoms with Crippen LogP contribution >= 0.6 is 0 Å². The predicted octanol–water partition coefficient (Wildman–Crippen LogP) is 3.88. The number of furan rings is 2. The maximum Gasteiger partial charge on any atom is 0.134 e. The second-order valence-electron chi connectivity index (χ2n) is 4.54. The predicted molar refractivity (Wildman–Crippen MR) is 74.8 cm³/mol. The summed E-state index contributed by atoms with van der Waals surface area (Å²) < 4.78 is 11.2. The number of benzene rings is 1. The number of aryl methyl sites for hydroxylation is 1. The van der Waals surface area contributed by atoms with Crippen LogP contribution in [0.2, 0.25) is 0 Å². The molecule has 3 nitrogen and oxygen atoms in total. The quantitative estimate of drug-likeness (QED) is 0.752. The van der Waals surface area contributed by atoms with E-state index in [0.717, 1.165) is 36.6 Å². The third kappa shape index (κ3) is 2.42. The van der Waals surface area contributed by atoms with Crippen molar-refractivity contribution in [3.8, 4) is 0 Å². The monoisotopic (exact) mass is 255 g/mol. The summed E-state index contributed by atoms with van der Waals surface area (Å²) in [5, 5.41) is 4.60. The molecule has 0 atom stereocenters. The Hall–Kier alpha value is -2.00. The van der Waals surface area contributed by atoms with Crippen LogP contribution in [-0.2, 0) is 19.5 Å². The Morgan fingerprint density at radius 3 is 2.74 bits per heavy atom. The largest absolute Gasteiger partial charge is 0.468 e. The van der Waals surface area contributed by atoms with Crippen LogP contribution in [0, 0.1) is 0 Å². The van der Waals surface area contributed by atoms with Crippen LogP contribution in [0.3, 0.4) is 0 Å². The minimum absolute atomic E-state index is 0.732. The first kappa shape index (κ1) is 12.1. The van der Waals surface area contributed by atoms with Gasteiger partial charge < -0.3 is 14.2 Å². The SMILES string of the molecule is CCc1oc2ccccc2c1CNCc1ccco1. The number of rotatable bonds is 5. The Balaban J connectivity index is 1.79. The van der Waals surface area contributed by atoms with E-state index >= 15 is 0 Å². The zero-order chi connectivity index (χ0) is 13.1. The van der Waals surface area contributed by atoms with Crippen LogP contribution in [0.4, 0.5) is 0 Å². The van der Waals surface area contributed by atoms with Gasteiger partial charge >= 0.3 is 0 Å². The van der Waals surface area contributed by atoms with Gasteiger partial charge in [0.05, 0.1) is 12.8 Å². The second kappa shape index (κ2) is 5.33. The molecule has 0 bridgehead atoms.